The van der Waals surface area contributed by atoms with Crippen molar-refractivity contribution in [3.05, 3.63) is 29.3 Å². The van der Waals surface area contributed by atoms with Gasteiger partial charge in [-0.2, -0.15) is 0 Å². The third-order valence-corrected chi connectivity index (χ3v) is 2.31. The molecule has 0 heterocycles. The van der Waals surface area contributed by atoms with Crippen LogP contribution in [0.2, 0.25) is 0 Å². The van der Waals surface area contributed by atoms with E-state index in [-0.39, 0.29) is 18.8 Å². The average molecular weight is 274 g/mol. The Balaban J connectivity index is 3.03. The van der Waals surface area contributed by atoms with Crippen molar-refractivity contribution in [2.24, 2.45) is 0 Å². The molecule has 6 nitrogen and oxygen atoms in total. The van der Waals surface area contributed by atoms with E-state index < -0.39 is 29.2 Å². The summed E-state index contributed by atoms with van der Waals surface area (Å²) in [6.45, 7) is -0.272. The number of carbonyl (C=O) groups excluding carboxylic acids is 1. The van der Waals surface area contributed by atoms with Crippen molar-refractivity contribution in [2.75, 3.05) is 25.5 Å². The predicted octanol–water partition coefficient (Wildman–Crippen LogP) is 1.12. The molecule has 0 unspecified atom stereocenters. The van der Waals surface area contributed by atoms with Gasteiger partial charge in [0.25, 0.3) is 0 Å². The van der Waals surface area contributed by atoms with Crippen LogP contribution in [0, 0.1) is 11.6 Å². The van der Waals surface area contributed by atoms with E-state index in [9.17, 15) is 18.4 Å². The Kier molecular flexibility index (Phi) is 4.76. The van der Waals surface area contributed by atoms with E-state index in [2.05, 4.69) is 5.32 Å². The number of anilines is 1. The number of rotatable bonds is 4. The molecule has 0 saturated carbocycles. The van der Waals surface area contributed by atoms with Crippen LogP contribution in [-0.2, 0) is 0 Å². The standard InChI is InChI=1S/C11H12F2N2O4/c1-15(2-3-16)11(19)14-9-5-8(13)7(12)4-6(9)10(17)18/h4-5,16H,2-3H2,1H3,(H,14,19)(H,17,18). The van der Waals surface area contributed by atoms with Gasteiger partial charge in [-0.15, -0.1) is 0 Å². The number of amides is 2. The van der Waals surface area contributed by atoms with Crippen LogP contribution >= 0.6 is 0 Å². The van der Waals surface area contributed by atoms with Gasteiger partial charge in [0.05, 0.1) is 17.9 Å². The third-order valence-electron chi connectivity index (χ3n) is 2.31. The van der Waals surface area contributed by atoms with Crippen LogP contribution in [0.5, 0.6) is 0 Å². The maximum atomic E-state index is 13.0. The summed E-state index contributed by atoms with van der Waals surface area (Å²) in [5.74, 6) is -4.09. The lowest BCUT2D eigenvalue weighted by molar-refractivity contribution is 0.0697. The van der Waals surface area contributed by atoms with Crippen molar-refractivity contribution in [1.82, 2.24) is 4.90 Å². The lowest BCUT2D eigenvalue weighted by Gasteiger charge is -2.17. The van der Waals surface area contributed by atoms with E-state index in [1.807, 2.05) is 0 Å². The van der Waals surface area contributed by atoms with Gasteiger partial charge in [-0.1, -0.05) is 0 Å². The van der Waals surface area contributed by atoms with Gasteiger partial charge in [0, 0.05) is 19.7 Å². The summed E-state index contributed by atoms with van der Waals surface area (Å²) in [5, 5.41) is 19.6. The minimum absolute atomic E-state index is 0.0118. The molecule has 0 saturated heterocycles. The van der Waals surface area contributed by atoms with Crippen LogP contribution in [0.1, 0.15) is 10.4 Å². The number of aliphatic hydroxyl groups is 1. The highest BCUT2D eigenvalue weighted by atomic mass is 19.2. The second-order valence-electron chi connectivity index (χ2n) is 3.69. The van der Waals surface area contributed by atoms with Gasteiger partial charge in [-0.05, 0) is 6.07 Å². The molecule has 0 aliphatic carbocycles. The van der Waals surface area contributed by atoms with Crippen molar-refractivity contribution < 1.29 is 28.6 Å². The first-order valence-corrected chi connectivity index (χ1v) is 5.22. The summed E-state index contributed by atoms with van der Waals surface area (Å²) in [4.78, 5) is 23.5. The van der Waals surface area contributed by atoms with Gasteiger partial charge in [0.15, 0.2) is 11.6 Å². The summed E-state index contributed by atoms with van der Waals surface area (Å²) >= 11 is 0. The van der Waals surface area contributed by atoms with Gasteiger partial charge in [0.2, 0.25) is 0 Å². The van der Waals surface area contributed by atoms with Gasteiger partial charge in [-0.25, -0.2) is 18.4 Å². The van der Waals surface area contributed by atoms with Crippen LogP contribution in [-0.4, -0.2) is 47.3 Å². The van der Waals surface area contributed by atoms with E-state index in [4.69, 9.17) is 10.2 Å². The van der Waals surface area contributed by atoms with Crippen LogP contribution in [0.4, 0.5) is 19.3 Å². The molecule has 0 fully saturated rings. The number of nitrogens with zero attached hydrogens (tertiary/aromatic N) is 1. The largest absolute Gasteiger partial charge is 0.478 e. The predicted molar refractivity (Wildman–Crippen MR) is 62.1 cm³/mol. The number of benzene rings is 1. The Labute approximate surface area is 107 Å². The molecule has 2 amide bonds. The van der Waals surface area contributed by atoms with Crippen molar-refractivity contribution >= 4 is 17.7 Å². The number of carbonyl (C=O) groups is 2. The number of likely N-dealkylation sites (N-methyl/N-ethyl adjacent to an activating group) is 1. The van der Waals surface area contributed by atoms with E-state index in [0.29, 0.717) is 12.1 Å². The van der Waals surface area contributed by atoms with Gasteiger partial charge in [-0.3, -0.25) is 0 Å². The fraction of sp³-hybridized carbons (Fsp3) is 0.273. The highest BCUT2D eigenvalue weighted by Gasteiger charge is 2.18. The number of halogens is 2. The summed E-state index contributed by atoms with van der Waals surface area (Å²) in [6.07, 6.45) is 0. The molecule has 19 heavy (non-hydrogen) atoms. The Bertz CT molecular complexity index is 508. The molecule has 1 aromatic carbocycles. The number of hydrogen-bond acceptors (Lipinski definition) is 3. The van der Waals surface area contributed by atoms with Gasteiger partial charge in [0.1, 0.15) is 0 Å². The molecule has 3 N–H and O–H groups in total. The molecule has 0 aliphatic rings. The minimum atomic E-state index is -1.50. The number of hydrogen-bond donors (Lipinski definition) is 3. The zero-order valence-electron chi connectivity index (χ0n) is 9.98. The molecule has 1 aromatic rings. The second-order valence-corrected chi connectivity index (χ2v) is 3.69. The maximum absolute atomic E-state index is 13.0. The highest BCUT2D eigenvalue weighted by Crippen LogP contribution is 2.20. The fourth-order valence-electron chi connectivity index (χ4n) is 1.29. The minimum Gasteiger partial charge on any atom is -0.478 e. The molecule has 8 heteroatoms. The van der Waals surface area contributed by atoms with Crippen LogP contribution in [0.25, 0.3) is 0 Å². The van der Waals surface area contributed by atoms with Crippen molar-refractivity contribution in [1.29, 1.82) is 0 Å². The number of nitrogens with one attached hydrogen (secondary N) is 1. The molecule has 0 aromatic heterocycles. The Morgan fingerprint density at radius 2 is 1.89 bits per heavy atom. The Hall–Kier alpha value is -2.22. The average Bonchev–Trinajstić information content (AvgIpc) is 2.33. The number of carboxylic acid groups (broad SMARTS) is 1. The monoisotopic (exact) mass is 274 g/mol. The lowest BCUT2D eigenvalue weighted by Crippen LogP contribution is -2.34. The van der Waals surface area contributed by atoms with Crippen LogP contribution < -0.4 is 5.32 Å². The molecule has 0 atom stereocenters. The number of carboxylic acids is 1. The number of urea groups is 1. The Morgan fingerprint density at radius 3 is 2.42 bits per heavy atom. The lowest BCUT2D eigenvalue weighted by atomic mass is 10.1. The molecule has 0 aliphatic heterocycles. The third kappa shape index (κ3) is 3.62. The quantitative estimate of drug-likeness (QED) is 0.767. The summed E-state index contributed by atoms with van der Waals surface area (Å²) in [6, 6.07) is 0.325. The van der Waals surface area contributed by atoms with Gasteiger partial charge >= 0.3 is 12.0 Å². The normalized spacial score (nSPS) is 10.1. The zero-order chi connectivity index (χ0) is 14.6. The first kappa shape index (κ1) is 14.8. The van der Waals surface area contributed by atoms with E-state index in [0.717, 1.165) is 4.90 Å². The molecular formula is C11H12F2N2O4. The first-order valence-electron chi connectivity index (χ1n) is 5.22. The zero-order valence-corrected chi connectivity index (χ0v) is 9.98. The van der Waals surface area contributed by atoms with Crippen molar-refractivity contribution in [3.63, 3.8) is 0 Å². The van der Waals surface area contributed by atoms with Crippen LogP contribution in [0.15, 0.2) is 12.1 Å². The molecule has 1 rings (SSSR count). The second kappa shape index (κ2) is 6.10. The van der Waals surface area contributed by atoms with E-state index in [1.165, 1.54) is 7.05 Å². The fourth-order valence-corrected chi connectivity index (χ4v) is 1.29. The number of aliphatic hydroxyl groups excluding tert-OH is 1. The van der Waals surface area contributed by atoms with Gasteiger partial charge < -0.3 is 20.4 Å². The SMILES string of the molecule is CN(CCO)C(=O)Nc1cc(F)c(F)cc1C(=O)O. The van der Waals surface area contributed by atoms with E-state index >= 15 is 0 Å². The topological polar surface area (TPSA) is 89.9 Å². The molecule has 0 radical (unpaired) electrons. The first-order chi connectivity index (χ1) is 8.86. The Morgan fingerprint density at radius 1 is 1.32 bits per heavy atom. The summed E-state index contributed by atoms with van der Waals surface area (Å²) in [5.41, 5.74) is -0.925. The molecule has 0 bridgehead atoms. The maximum Gasteiger partial charge on any atom is 0.337 e. The van der Waals surface area contributed by atoms with Crippen molar-refractivity contribution in [3.8, 4) is 0 Å². The smallest absolute Gasteiger partial charge is 0.337 e. The molecule has 104 valence electrons. The highest BCUT2D eigenvalue weighted by molar-refractivity contribution is 5.99. The van der Waals surface area contributed by atoms with E-state index in [1.54, 1.807) is 0 Å². The van der Waals surface area contributed by atoms with Crippen molar-refractivity contribution in [2.45, 2.75) is 0 Å². The molecule has 0 spiro atoms. The summed E-state index contributed by atoms with van der Waals surface area (Å²) in [7, 11) is 1.35. The summed E-state index contributed by atoms with van der Waals surface area (Å²) < 4.78 is 26.0. The molecular weight excluding hydrogens is 262 g/mol. The van der Waals surface area contributed by atoms with Crippen LogP contribution in [0.3, 0.4) is 0 Å². The number of aromatic carboxylic acids is 1.